The molecule has 2 atom stereocenters. The Kier molecular flexibility index (Phi) is 1.69. The molecule has 0 amide bonds. The van der Waals surface area contributed by atoms with E-state index in [1.807, 2.05) is 24.4 Å². The Hall–Kier alpha value is -1.64. The first kappa shape index (κ1) is 8.65. The zero-order valence-corrected chi connectivity index (χ0v) is 8.55. The average molecular weight is 200 g/mol. The summed E-state index contributed by atoms with van der Waals surface area (Å²) >= 11 is 0. The molecule has 0 bridgehead atoms. The fourth-order valence-corrected chi connectivity index (χ4v) is 2.30. The van der Waals surface area contributed by atoms with Gasteiger partial charge in [0.05, 0.1) is 6.10 Å². The first-order chi connectivity index (χ1) is 7.30. The predicted molar refractivity (Wildman–Crippen MR) is 59.8 cm³/mol. The topological polar surface area (TPSA) is 34.0 Å². The van der Waals surface area contributed by atoms with Crippen molar-refractivity contribution >= 4 is 12.6 Å². The number of fused-ring (bicyclic) bond motifs is 2. The first-order valence-corrected chi connectivity index (χ1v) is 5.14. The maximum atomic E-state index is 5.78. The first-order valence-electron chi connectivity index (χ1n) is 5.14. The molecule has 0 N–H and O–H groups in total. The summed E-state index contributed by atoms with van der Waals surface area (Å²) in [7, 11) is 0. The maximum Gasteiger partial charge on any atom is 0.130 e. The summed E-state index contributed by atoms with van der Waals surface area (Å²) in [6, 6.07) is 8.06. The number of hydrogen-bond donors (Lipinski definition) is 0. The van der Waals surface area contributed by atoms with Crippen LogP contribution in [-0.4, -0.2) is 18.7 Å². The molecule has 0 aromatic heterocycles. The SMILES string of the molecule is CC1CC2(C=NC=N2)c2ccccc2O1. The van der Waals surface area contributed by atoms with Crippen LogP contribution in [0.4, 0.5) is 0 Å². The molecule has 1 spiro atoms. The van der Waals surface area contributed by atoms with Gasteiger partial charge in [-0.2, -0.15) is 0 Å². The van der Waals surface area contributed by atoms with Gasteiger partial charge >= 0.3 is 0 Å². The number of ether oxygens (including phenoxy) is 1. The third kappa shape index (κ3) is 1.19. The highest BCUT2D eigenvalue weighted by Gasteiger charge is 2.40. The Morgan fingerprint density at radius 2 is 2.27 bits per heavy atom. The van der Waals surface area contributed by atoms with Gasteiger partial charge in [0, 0.05) is 18.2 Å². The molecule has 2 aliphatic heterocycles. The number of para-hydroxylation sites is 1. The summed E-state index contributed by atoms with van der Waals surface area (Å²) in [6.45, 7) is 2.07. The zero-order valence-electron chi connectivity index (χ0n) is 8.55. The quantitative estimate of drug-likeness (QED) is 0.632. The Bertz CT molecular complexity index is 439. The van der Waals surface area contributed by atoms with Gasteiger partial charge < -0.3 is 4.74 Å². The van der Waals surface area contributed by atoms with E-state index in [2.05, 4.69) is 23.0 Å². The average Bonchev–Trinajstić information content (AvgIpc) is 2.67. The van der Waals surface area contributed by atoms with E-state index in [9.17, 15) is 0 Å². The lowest BCUT2D eigenvalue weighted by Gasteiger charge is -2.34. The highest BCUT2D eigenvalue weighted by atomic mass is 16.5. The highest BCUT2D eigenvalue weighted by molar-refractivity contribution is 5.88. The van der Waals surface area contributed by atoms with Crippen molar-refractivity contribution in [2.75, 3.05) is 0 Å². The smallest absolute Gasteiger partial charge is 0.130 e. The van der Waals surface area contributed by atoms with Gasteiger partial charge in [-0.15, -0.1) is 0 Å². The summed E-state index contributed by atoms with van der Waals surface area (Å²) < 4.78 is 5.78. The molecule has 2 aliphatic rings. The van der Waals surface area contributed by atoms with Crippen LogP contribution in [0.1, 0.15) is 18.9 Å². The van der Waals surface area contributed by atoms with Crippen LogP contribution in [0.3, 0.4) is 0 Å². The van der Waals surface area contributed by atoms with Crippen molar-refractivity contribution in [3.8, 4) is 5.75 Å². The van der Waals surface area contributed by atoms with Gasteiger partial charge in [0.15, 0.2) is 0 Å². The molecule has 1 aromatic rings. The Labute approximate surface area is 88.5 Å². The van der Waals surface area contributed by atoms with Crippen LogP contribution >= 0.6 is 0 Å². The minimum atomic E-state index is -0.270. The molecule has 2 unspecified atom stereocenters. The van der Waals surface area contributed by atoms with Crippen molar-refractivity contribution in [1.82, 2.24) is 0 Å². The van der Waals surface area contributed by atoms with Gasteiger partial charge in [0.2, 0.25) is 0 Å². The molecule has 15 heavy (non-hydrogen) atoms. The standard InChI is InChI=1S/C12H12N2O/c1-9-6-12(7-13-8-14-12)10-4-2-3-5-11(10)15-9/h2-5,7-9H,6H2,1H3. The second-order valence-electron chi connectivity index (χ2n) is 4.08. The number of rotatable bonds is 0. The predicted octanol–water partition coefficient (Wildman–Crippen LogP) is 2.17. The molecule has 3 rings (SSSR count). The van der Waals surface area contributed by atoms with Gasteiger partial charge in [-0.1, -0.05) is 18.2 Å². The Balaban J connectivity index is 2.19. The van der Waals surface area contributed by atoms with E-state index in [-0.39, 0.29) is 11.6 Å². The molecule has 0 fully saturated rings. The van der Waals surface area contributed by atoms with Gasteiger partial charge in [-0.25, -0.2) is 4.99 Å². The molecule has 76 valence electrons. The summed E-state index contributed by atoms with van der Waals surface area (Å²) in [6.07, 6.45) is 4.60. The Morgan fingerprint density at radius 1 is 1.40 bits per heavy atom. The van der Waals surface area contributed by atoms with E-state index >= 15 is 0 Å². The van der Waals surface area contributed by atoms with E-state index in [4.69, 9.17) is 4.74 Å². The molecular formula is C12H12N2O. The molecule has 3 nitrogen and oxygen atoms in total. The summed E-state index contributed by atoms with van der Waals surface area (Å²) in [4.78, 5) is 8.61. The van der Waals surface area contributed by atoms with Crippen LogP contribution in [0.25, 0.3) is 0 Å². The lowest BCUT2D eigenvalue weighted by atomic mass is 9.84. The van der Waals surface area contributed by atoms with Crippen molar-refractivity contribution in [1.29, 1.82) is 0 Å². The van der Waals surface area contributed by atoms with Crippen LogP contribution in [0.2, 0.25) is 0 Å². The molecular weight excluding hydrogens is 188 g/mol. The van der Waals surface area contributed by atoms with E-state index in [0.717, 1.165) is 17.7 Å². The third-order valence-electron chi connectivity index (χ3n) is 2.92. The second kappa shape index (κ2) is 2.92. The number of benzene rings is 1. The van der Waals surface area contributed by atoms with Crippen molar-refractivity contribution in [2.24, 2.45) is 9.98 Å². The second-order valence-corrected chi connectivity index (χ2v) is 4.08. The van der Waals surface area contributed by atoms with Crippen molar-refractivity contribution in [2.45, 2.75) is 25.0 Å². The monoisotopic (exact) mass is 200 g/mol. The molecule has 0 saturated heterocycles. The Morgan fingerprint density at radius 3 is 3.07 bits per heavy atom. The van der Waals surface area contributed by atoms with Crippen molar-refractivity contribution in [3.05, 3.63) is 29.8 Å². The molecule has 2 heterocycles. The maximum absolute atomic E-state index is 5.78. The molecule has 1 aromatic carbocycles. The minimum absolute atomic E-state index is 0.182. The van der Waals surface area contributed by atoms with Crippen LogP contribution in [0.15, 0.2) is 34.3 Å². The number of hydrogen-bond acceptors (Lipinski definition) is 3. The fourth-order valence-electron chi connectivity index (χ4n) is 2.30. The molecule has 0 saturated carbocycles. The van der Waals surface area contributed by atoms with E-state index in [1.165, 1.54) is 0 Å². The summed E-state index contributed by atoms with van der Waals surface area (Å²) in [5.41, 5.74) is 0.856. The lowest BCUT2D eigenvalue weighted by molar-refractivity contribution is 0.165. The summed E-state index contributed by atoms with van der Waals surface area (Å²) in [5, 5.41) is 0. The van der Waals surface area contributed by atoms with Crippen LogP contribution in [0.5, 0.6) is 5.75 Å². The van der Waals surface area contributed by atoms with Crippen LogP contribution < -0.4 is 4.74 Å². The van der Waals surface area contributed by atoms with E-state index in [0.29, 0.717) is 0 Å². The normalized spacial score (nSPS) is 31.7. The fraction of sp³-hybridized carbons (Fsp3) is 0.333. The largest absolute Gasteiger partial charge is 0.490 e. The minimum Gasteiger partial charge on any atom is -0.490 e. The molecule has 3 heteroatoms. The lowest BCUT2D eigenvalue weighted by Crippen LogP contribution is -2.35. The van der Waals surface area contributed by atoms with E-state index in [1.54, 1.807) is 6.34 Å². The summed E-state index contributed by atoms with van der Waals surface area (Å²) in [5.74, 6) is 0.932. The molecule has 0 aliphatic carbocycles. The van der Waals surface area contributed by atoms with Crippen LogP contribution in [0, 0.1) is 0 Å². The van der Waals surface area contributed by atoms with Gasteiger partial charge in [-0.05, 0) is 13.0 Å². The van der Waals surface area contributed by atoms with Gasteiger partial charge in [0.1, 0.15) is 17.6 Å². The van der Waals surface area contributed by atoms with Crippen molar-refractivity contribution < 1.29 is 4.74 Å². The third-order valence-corrected chi connectivity index (χ3v) is 2.92. The number of nitrogens with zero attached hydrogens (tertiary/aromatic N) is 2. The van der Waals surface area contributed by atoms with Crippen molar-refractivity contribution in [3.63, 3.8) is 0 Å². The van der Waals surface area contributed by atoms with E-state index < -0.39 is 0 Å². The molecule has 0 radical (unpaired) electrons. The van der Waals surface area contributed by atoms with Crippen LogP contribution in [-0.2, 0) is 5.54 Å². The van der Waals surface area contributed by atoms with Gasteiger partial charge in [0.25, 0.3) is 0 Å². The number of aliphatic imine (C=N–C) groups is 2. The highest BCUT2D eigenvalue weighted by Crippen LogP contribution is 2.41. The van der Waals surface area contributed by atoms with Gasteiger partial charge in [-0.3, -0.25) is 4.99 Å². The zero-order chi connectivity index (χ0) is 10.3.